The molecule has 3 aromatic carbocycles. The maximum Gasteiger partial charge on any atom is 0.410 e. The quantitative estimate of drug-likeness (QED) is 0.0178. The molecule has 4 aliphatic rings. The zero-order chi connectivity index (χ0) is 74.0. The molecular formula is C72H100N8O20. The summed E-state index contributed by atoms with van der Waals surface area (Å²) in [4.78, 5) is 142. The molecule has 100 heavy (non-hydrogen) atoms. The van der Waals surface area contributed by atoms with Gasteiger partial charge in [0.1, 0.15) is 54.3 Å². The van der Waals surface area contributed by atoms with Gasteiger partial charge in [-0.3, -0.25) is 19.2 Å². The molecule has 3 aliphatic carbocycles. The number of benzene rings is 3. The van der Waals surface area contributed by atoms with Gasteiger partial charge in [0.2, 0.25) is 17.9 Å². The summed E-state index contributed by atoms with van der Waals surface area (Å²) in [6, 6.07) is 18.6. The average molecular weight is 1400 g/mol. The van der Waals surface area contributed by atoms with Crippen LogP contribution in [0.3, 0.4) is 0 Å². The molecule has 1 saturated heterocycles. The Hall–Kier alpha value is -8.70. The number of nitrogens with zero attached hydrogens (tertiary/aromatic N) is 2. The van der Waals surface area contributed by atoms with E-state index in [2.05, 4.69) is 26.6 Å². The Bertz CT molecular complexity index is 3470. The summed E-state index contributed by atoms with van der Waals surface area (Å²) in [5.74, 6) is -5.89. The van der Waals surface area contributed by atoms with Gasteiger partial charge in [-0.25, -0.2) is 28.8 Å². The normalized spacial score (nSPS) is 24.9. The number of carbonyl (C=O) groups is 10. The summed E-state index contributed by atoms with van der Waals surface area (Å²) < 4.78 is 55.3. The third-order valence-electron chi connectivity index (χ3n) is 19.3. The molecule has 2 bridgehead atoms. The van der Waals surface area contributed by atoms with Crippen LogP contribution in [0.25, 0.3) is 0 Å². The predicted molar refractivity (Wildman–Crippen MR) is 364 cm³/mol. The number of alkyl carbamates (subject to hydrolysis) is 1. The molecule has 3 fully saturated rings. The number of hydrogen-bond acceptors (Lipinski definition) is 21. The molecule has 8 N–H and O–H groups in total. The zero-order valence-corrected chi connectivity index (χ0v) is 60.1. The van der Waals surface area contributed by atoms with Gasteiger partial charge in [-0.1, -0.05) is 102 Å². The number of amides is 7. The molecule has 1 aliphatic heterocycles. The number of likely N-dealkylation sites (N-methyl/N-ethyl adjacent to an activating group) is 2. The number of fused-ring (bicyclic) bond motifs is 5. The molecular weight excluding hydrogens is 1300 g/mol. The third-order valence-corrected chi connectivity index (χ3v) is 19.3. The van der Waals surface area contributed by atoms with Gasteiger partial charge in [0.25, 0.3) is 0 Å². The smallest absolute Gasteiger partial charge is 0.410 e. The van der Waals surface area contributed by atoms with E-state index < -0.39 is 149 Å². The number of ether oxygens (including phenoxy) is 9. The molecule has 1 heterocycles. The Labute approximate surface area is 584 Å². The second-order valence-corrected chi connectivity index (χ2v) is 28.5. The molecule has 2 saturated carbocycles. The van der Waals surface area contributed by atoms with E-state index in [9.17, 15) is 43.5 Å². The fraction of sp³-hybridized carbons (Fsp3) is 0.583. The SMILES string of the molecule is CO[C@H]1C(=O)[C@]2(C)[C@@H](OC)C[C@H]3OC[C@@]3(OC(C)=O)[C@H]2[C@H](OC(=O)c2ccccc2)[C@]2(O)C[C@H](OC(=O)[C@H](OC(=O)N(C)CCN(C)C(=O)OCc3ccc(NC(=O)[C@H](CCCNC(N)=O)NC(=O)[C@@H](NC(C)C)C(C)C)cc3)[C@@H](NC(=O)OC(C)(C)C)c3ccccc3)C(C)=C1C2(C)C. The van der Waals surface area contributed by atoms with Crippen LogP contribution in [0.15, 0.2) is 96.1 Å². The van der Waals surface area contributed by atoms with Crippen LogP contribution in [0.5, 0.6) is 0 Å². The van der Waals surface area contributed by atoms with Gasteiger partial charge in [0.05, 0.1) is 35.6 Å². The Balaban J connectivity index is 1.14. The number of aliphatic hydroxyl groups is 1. The monoisotopic (exact) mass is 1400 g/mol. The van der Waals surface area contributed by atoms with Crippen LogP contribution in [0.4, 0.5) is 24.9 Å². The van der Waals surface area contributed by atoms with E-state index >= 15 is 9.59 Å². The number of anilines is 1. The topological polar surface area (TPSA) is 367 Å². The maximum atomic E-state index is 16.0. The van der Waals surface area contributed by atoms with Crippen molar-refractivity contribution in [1.29, 1.82) is 0 Å². The zero-order valence-electron chi connectivity index (χ0n) is 60.1. The summed E-state index contributed by atoms with van der Waals surface area (Å²) in [6.07, 6.45) is -11.8. The van der Waals surface area contributed by atoms with Gasteiger partial charge in [0.15, 0.2) is 11.4 Å². The van der Waals surface area contributed by atoms with Crippen molar-refractivity contribution in [2.24, 2.45) is 28.4 Å². The minimum atomic E-state index is -2.38. The number of methoxy groups -OCH3 is 2. The fourth-order valence-corrected chi connectivity index (χ4v) is 14.0. The number of urea groups is 1. The van der Waals surface area contributed by atoms with E-state index in [0.717, 1.165) is 4.90 Å². The lowest BCUT2D eigenvalue weighted by Crippen LogP contribution is -2.82. The van der Waals surface area contributed by atoms with E-state index in [1.807, 2.05) is 27.7 Å². The first-order valence-corrected chi connectivity index (χ1v) is 33.6. The second kappa shape index (κ2) is 32.7. The number of carbonyl (C=O) groups excluding carboxylic acids is 10. The van der Waals surface area contributed by atoms with Crippen LogP contribution in [0.2, 0.25) is 0 Å². The van der Waals surface area contributed by atoms with E-state index in [-0.39, 0.29) is 85.8 Å². The molecule has 548 valence electrons. The number of rotatable bonds is 27. The van der Waals surface area contributed by atoms with E-state index in [1.165, 1.54) is 52.3 Å². The number of esters is 3. The van der Waals surface area contributed by atoms with Crippen molar-refractivity contribution in [3.05, 3.63) is 113 Å². The highest BCUT2D eigenvalue weighted by Crippen LogP contribution is 2.65. The molecule has 0 radical (unpaired) electrons. The Morgan fingerprint density at radius 3 is 1.98 bits per heavy atom. The van der Waals surface area contributed by atoms with Gasteiger partial charge < -0.3 is 89.9 Å². The van der Waals surface area contributed by atoms with Crippen LogP contribution in [0, 0.1) is 22.7 Å². The molecule has 0 unspecified atom stereocenters. The lowest BCUT2D eigenvalue weighted by molar-refractivity contribution is -0.347. The molecule has 0 aromatic heterocycles. The van der Waals surface area contributed by atoms with Crippen LogP contribution in [0.1, 0.15) is 136 Å². The van der Waals surface area contributed by atoms with Gasteiger partial charge in [0, 0.05) is 84.9 Å². The van der Waals surface area contributed by atoms with Crippen molar-refractivity contribution in [3.8, 4) is 0 Å². The Morgan fingerprint density at radius 2 is 1.43 bits per heavy atom. The van der Waals surface area contributed by atoms with Crippen molar-refractivity contribution >= 4 is 65.5 Å². The molecule has 0 spiro atoms. The third kappa shape index (κ3) is 17.7. The number of nitrogens with two attached hydrogens (primary N) is 1. The first-order valence-electron chi connectivity index (χ1n) is 33.6. The van der Waals surface area contributed by atoms with Gasteiger partial charge >= 0.3 is 42.2 Å². The molecule has 13 atom stereocenters. The highest BCUT2D eigenvalue weighted by molar-refractivity contribution is 5.98. The summed E-state index contributed by atoms with van der Waals surface area (Å²) >= 11 is 0. The van der Waals surface area contributed by atoms with Crippen molar-refractivity contribution < 1.29 is 95.7 Å². The molecule has 7 rings (SSSR count). The van der Waals surface area contributed by atoms with Gasteiger partial charge in [-0.05, 0) is 99.9 Å². The lowest BCUT2D eigenvalue weighted by atomic mass is 9.44. The second-order valence-electron chi connectivity index (χ2n) is 28.5. The molecule has 28 heteroatoms. The van der Waals surface area contributed by atoms with Gasteiger partial charge in [-0.2, -0.15) is 0 Å². The molecule has 7 amide bonds. The fourth-order valence-electron chi connectivity index (χ4n) is 14.0. The minimum Gasteiger partial charge on any atom is -0.455 e. The van der Waals surface area contributed by atoms with Crippen LogP contribution in [-0.4, -0.2) is 201 Å². The van der Waals surface area contributed by atoms with Crippen molar-refractivity contribution in [3.63, 3.8) is 0 Å². The van der Waals surface area contributed by atoms with E-state index in [0.29, 0.717) is 17.7 Å². The summed E-state index contributed by atoms with van der Waals surface area (Å²) in [6.45, 7) is 19.5. The predicted octanol–water partition coefficient (Wildman–Crippen LogP) is 6.81. The number of nitrogens with one attached hydrogen (secondary N) is 5. The summed E-state index contributed by atoms with van der Waals surface area (Å²) in [5, 5.41) is 28.3. The highest BCUT2D eigenvalue weighted by atomic mass is 16.6. The van der Waals surface area contributed by atoms with Crippen LogP contribution < -0.4 is 32.3 Å². The van der Waals surface area contributed by atoms with Gasteiger partial charge in [-0.15, -0.1) is 0 Å². The first-order chi connectivity index (χ1) is 46.9. The Kier molecular flexibility index (Phi) is 25.7. The van der Waals surface area contributed by atoms with E-state index in [1.54, 1.807) is 121 Å². The first kappa shape index (κ1) is 78.6. The number of hydrogen-bond donors (Lipinski definition) is 7. The highest BCUT2D eigenvalue weighted by Gasteiger charge is 2.78. The van der Waals surface area contributed by atoms with Crippen LogP contribution in [-0.2, 0) is 73.2 Å². The standard InChI is InChI=1S/C72H100N8O20/c1-40(2)53(75-41(3)4)61(84)77-48(28-23-33-74-64(73)87)60(83)76-47-31-29-44(30-32-47)38-94-66(89)79(13)34-35-80(14)67(90)97-56(54(45-24-19-17-20-25-45)78-65(88)100-68(7,8)9)63(86)96-49-37-72(91)59(98-62(85)46-26-21-18-22-27-46)57-70(12,58(82)55(93-16)52(42(49)5)69(72,10)11)50(92-15)36-51-71(57,39-95-51)99-43(6)81/h17-22,24-27,29-32,40-41,48-51,53-57,59,75,91H,23,28,33-39H2,1-16H3,(H,76,83)(H,77,84)(H,78,88)(H3,73,74,87)/t48-,49-,50-,51+,53-,54-,55+,56+,57-,59-,70+,71-,72+/m0/s1. The van der Waals surface area contributed by atoms with E-state index in [4.69, 9.17) is 48.4 Å². The van der Waals surface area contributed by atoms with Crippen molar-refractivity contribution in [2.45, 2.75) is 193 Å². The Morgan fingerprint density at radius 1 is 0.810 bits per heavy atom. The van der Waals surface area contributed by atoms with Crippen LogP contribution >= 0.6 is 0 Å². The minimum absolute atomic E-state index is 0.00987. The molecule has 3 aromatic rings. The van der Waals surface area contributed by atoms with Crippen molar-refractivity contribution in [1.82, 2.24) is 31.1 Å². The number of primary amides is 1. The average Bonchev–Trinajstić information content (AvgIpc) is 0.669. The summed E-state index contributed by atoms with van der Waals surface area (Å²) in [5.41, 5.74) is -1.66. The van der Waals surface area contributed by atoms with Crippen molar-refractivity contribution in [2.75, 3.05) is 59.9 Å². The number of Topliss-reactive ketones (excluding diaryl/α,β-unsaturated/α-hetero) is 1. The largest absolute Gasteiger partial charge is 0.455 e. The maximum absolute atomic E-state index is 16.0. The molecule has 28 nitrogen and oxygen atoms in total. The summed E-state index contributed by atoms with van der Waals surface area (Å²) in [7, 11) is 5.50. The number of ketones is 1. The lowest BCUT2D eigenvalue weighted by Gasteiger charge is -2.67.